The van der Waals surface area contributed by atoms with Gasteiger partial charge < -0.3 is 20.3 Å². The molecule has 0 saturated carbocycles. The molecule has 0 fully saturated rings. The zero-order valence-corrected chi connectivity index (χ0v) is 12.4. The number of carbonyl (C=O) groups excluding carboxylic acids is 1. The Morgan fingerprint density at radius 1 is 1.32 bits per heavy atom. The molecule has 0 aliphatic heterocycles. The van der Waals surface area contributed by atoms with Gasteiger partial charge in [0.15, 0.2) is 0 Å². The Labute approximate surface area is 114 Å². The van der Waals surface area contributed by atoms with Crippen molar-refractivity contribution in [3.05, 3.63) is 17.7 Å². The third-order valence-corrected chi connectivity index (χ3v) is 3.00. The number of anilines is 2. The highest BCUT2D eigenvalue weighted by Crippen LogP contribution is 2.31. The number of nitrogens with two attached hydrogens (primary N) is 1. The Morgan fingerprint density at radius 2 is 1.95 bits per heavy atom. The monoisotopic (exact) mass is 265 g/mol. The number of methoxy groups -OCH3 is 1. The summed E-state index contributed by atoms with van der Waals surface area (Å²) in [7, 11) is 7.10. The lowest BCUT2D eigenvalue weighted by molar-refractivity contribution is -0.118. The molecule has 1 amide bonds. The Bertz CT molecular complexity index is 458. The SMILES string of the molecule is CCc1cc(OC)c(N)cc1N(C)C(=O)CN(C)C. The molecule has 1 aromatic carbocycles. The van der Waals surface area contributed by atoms with Crippen LogP contribution in [0.5, 0.6) is 5.75 Å². The molecule has 5 nitrogen and oxygen atoms in total. The zero-order valence-electron chi connectivity index (χ0n) is 12.4. The quantitative estimate of drug-likeness (QED) is 0.817. The summed E-state index contributed by atoms with van der Waals surface area (Å²) in [6, 6.07) is 3.69. The summed E-state index contributed by atoms with van der Waals surface area (Å²) in [5, 5.41) is 0. The van der Waals surface area contributed by atoms with Crippen LogP contribution in [0.4, 0.5) is 11.4 Å². The van der Waals surface area contributed by atoms with Crippen molar-refractivity contribution in [1.82, 2.24) is 4.90 Å². The Hall–Kier alpha value is -1.75. The maximum Gasteiger partial charge on any atom is 0.240 e. The van der Waals surface area contributed by atoms with Gasteiger partial charge >= 0.3 is 0 Å². The van der Waals surface area contributed by atoms with Crippen molar-refractivity contribution in [3.8, 4) is 5.75 Å². The van der Waals surface area contributed by atoms with Crippen LogP contribution in [0.3, 0.4) is 0 Å². The number of carbonyl (C=O) groups is 1. The molecule has 0 bridgehead atoms. The third kappa shape index (κ3) is 3.61. The molecule has 19 heavy (non-hydrogen) atoms. The number of amides is 1. The normalized spacial score (nSPS) is 10.6. The van der Waals surface area contributed by atoms with Gasteiger partial charge in [-0.25, -0.2) is 0 Å². The highest BCUT2D eigenvalue weighted by atomic mass is 16.5. The van der Waals surface area contributed by atoms with Crippen LogP contribution in [0.2, 0.25) is 0 Å². The van der Waals surface area contributed by atoms with Gasteiger partial charge in [-0.2, -0.15) is 0 Å². The summed E-state index contributed by atoms with van der Waals surface area (Å²) in [6.45, 7) is 2.41. The average Bonchev–Trinajstić information content (AvgIpc) is 2.36. The van der Waals surface area contributed by atoms with Crippen LogP contribution in [0.15, 0.2) is 12.1 Å². The molecule has 0 spiro atoms. The minimum Gasteiger partial charge on any atom is -0.495 e. The van der Waals surface area contributed by atoms with Crippen LogP contribution in [-0.2, 0) is 11.2 Å². The van der Waals surface area contributed by atoms with E-state index in [2.05, 4.69) is 0 Å². The lowest BCUT2D eigenvalue weighted by Crippen LogP contribution is -2.35. The third-order valence-electron chi connectivity index (χ3n) is 3.00. The van der Waals surface area contributed by atoms with Gasteiger partial charge in [-0.05, 0) is 38.2 Å². The highest BCUT2D eigenvalue weighted by molar-refractivity contribution is 5.95. The second-order valence-corrected chi connectivity index (χ2v) is 4.77. The fourth-order valence-corrected chi connectivity index (χ4v) is 1.91. The first-order valence-corrected chi connectivity index (χ1v) is 6.28. The molecule has 5 heteroatoms. The van der Waals surface area contributed by atoms with Gasteiger partial charge in [0.25, 0.3) is 0 Å². The molecule has 0 aliphatic rings. The molecule has 2 N–H and O–H groups in total. The van der Waals surface area contributed by atoms with Gasteiger partial charge in [0.1, 0.15) is 5.75 Å². The van der Waals surface area contributed by atoms with Crippen LogP contribution in [-0.4, -0.2) is 45.6 Å². The highest BCUT2D eigenvalue weighted by Gasteiger charge is 2.16. The molecular formula is C14H23N3O2. The molecule has 1 aromatic rings. The molecule has 0 saturated heterocycles. The molecule has 1 rings (SSSR count). The van der Waals surface area contributed by atoms with E-state index >= 15 is 0 Å². The summed E-state index contributed by atoms with van der Waals surface area (Å²) >= 11 is 0. The lowest BCUT2D eigenvalue weighted by atomic mass is 10.1. The molecule has 0 aromatic heterocycles. The topological polar surface area (TPSA) is 58.8 Å². The number of nitrogens with zero attached hydrogens (tertiary/aromatic N) is 2. The smallest absolute Gasteiger partial charge is 0.240 e. The van der Waals surface area contributed by atoms with Crippen LogP contribution >= 0.6 is 0 Å². The number of likely N-dealkylation sites (N-methyl/N-ethyl adjacent to an activating group) is 2. The molecule has 0 radical (unpaired) electrons. The predicted octanol–water partition coefficient (Wildman–Crippen LogP) is 1.36. The summed E-state index contributed by atoms with van der Waals surface area (Å²) in [5.74, 6) is 0.679. The summed E-state index contributed by atoms with van der Waals surface area (Å²) in [4.78, 5) is 15.6. The lowest BCUT2D eigenvalue weighted by Gasteiger charge is -2.23. The van der Waals surface area contributed by atoms with Gasteiger partial charge in [-0.3, -0.25) is 4.79 Å². The number of hydrogen-bond acceptors (Lipinski definition) is 4. The van der Waals surface area contributed by atoms with E-state index in [0.717, 1.165) is 17.7 Å². The van der Waals surface area contributed by atoms with Crippen LogP contribution in [0.1, 0.15) is 12.5 Å². The van der Waals surface area contributed by atoms with Crippen molar-refractivity contribution >= 4 is 17.3 Å². The van der Waals surface area contributed by atoms with E-state index in [0.29, 0.717) is 18.0 Å². The molecule has 0 aliphatic carbocycles. The van der Waals surface area contributed by atoms with Gasteiger partial charge in [-0.15, -0.1) is 0 Å². The average molecular weight is 265 g/mol. The standard InChI is InChI=1S/C14H23N3O2/c1-6-10-7-13(19-5)11(15)8-12(10)17(4)14(18)9-16(2)3/h7-8H,6,9,15H2,1-5H3. The number of aryl methyl sites for hydroxylation is 1. The fraction of sp³-hybridized carbons (Fsp3) is 0.500. The number of ether oxygens (including phenoxy) is 1. The molecular weight excluding hydrogens is 242 g/mol. The first kappa shape index (κ1) is 15.3. The largest absolute Gasteiger partial charge is 0.495 e. The van der Waals surface area contributed by atoms with E-state index in [4.69, 9.17) is 10.5 Å². The Morgan fingerprint density at radius 3 is 2.42 bits per heavy atom. The van der Waals surface area contributed by atoms with Crippen LogP contribution in [0, 0.1) is 0 Å². The second kappa shape index (κ2) is 6.43. The van der Waals surface area contributed by atoms with E-state index < -0.39 is 0 Å². The number of rotatable bonds is 5. The van der Waals surface area contributed by atoms with E-state index in [1.54, 1.807) is 25.1 Å². The Kier molecular flexibility index (Phi) is 5.18. The fourth-order valence-electron chi connectivity index (χ4n) is 1.91. The van der Waals surface area contributed by atoms with E-state index in [1.807, 2.05) is 32.0 Å². The predicted molar refractivity (Wildman–Crippen MR) is 78.7 cm³/mol. The van der Waals surface area contributed by atoms with Crippen molar-refractivity contribution in [2.45, 2.75) is 13.3 Å². The van der Waals surface area contributed by atoms with Crippen molar-refractivity contribution in [2.75, 3.05) is 45.4 Å². The van der Waals surface area contributed by atoms with Crippen molar-refractivity contribution < 1.29 is 9.53 Å². The van der Waals surface area contributed by atoms with Gasteiger partial charge in [0, 0.05) is 12.7 Å². The van der Waals surface area contributed by atoms with Crippen molar-refractivity contribution in [3.63, 3.8) is 0 Å². The summed E-state index contributed by atoms with van der Waals surface area (Å²) in [6.07, 6.45) is 0.811. The zero-order chi connectivity index (χ0) is 14.6. The number of benzene rings is 1. The maximum atomic E-state index is 12.1. The van der Waals surface area contributed by atoms with Gasteiger partial charge in [-0.1, -0.05) is 6.92 Å². The Balaban J connectivity index is 3.11. The van der Waals surface area contributed by atoms with E-state index in [9.17, 15) is 4.79 Å². The first-order valence-electron chi connectivity index (χ1n) is 6.28. The second-order valence-electron chi connectivity index (χ2n) is 4.77. The summed E-state index contributed by atoms with van der Waals surface area (Å²) in [5.41, 5.74) is 8.34. The van der Waals surface area contributed by atoms with E-state index in [1.165, 1.54) is 0 Å². The molecule has 106 valence electrons. The van der Waals surface area contributed by atoms with Gasteiger partial charge in [0.05, 0.1) is 19.3 Å². The van der Waals surface area contributed by atoms with Crippen molar-refractivity contribution in [1.29, 1.82) is 0 Å². The summed E-state index contributed by atoms with van der Waals surface area (Å²) < 4.78 is 5.21. The van der Waals surface area contributed by atoms with Gasteiger partial charge in [0.2, 0.25) is 5.91 Å². The molecule has 0 unspecified atom stereocenters. The number of nitrogen functional groups attached to an aromatic ring is 1. The van der Waals surface area contributed by atoms with Crippen LogP contribution < -0.4 is 15.4 Å². The minimum absolute atomic E-state index is 0.0317. The first-order chi connectivity index (χ1) is 8.90. The number of hydrogen-bond donors (Lipinski definition) is 1. The maximum absolute atomic E-state index is 12.1. The van der Waals surface area contributed by atoms with Crippen molar-refractivity contribution in [2.24, 2.45) is 0 Å². The van der Waals surface area contributed by atoms with E-state index in [-0.39, 0.29) is 5.91 Å². The molecule has 0 heterocycles. The van der Waals surface area contributed by atoms with Crippen LogP contribution in [0.25, 0.3) is 0 Å². The minimum atomic E-state index is 0.0317. The molecule has 0 atom stereocenters.